The minimum Gasteiger partial charge on any atom is -0.379 e. The number of morpholine rings is 1. The SMILES string of the molecule is CN(CC(=O)NCc1ccc(S(=O)(=O)N2CCOCC2)cc1)S(=O)(=O)c1ccc(F)cc1. The van der Waals surface area contributed by atoms with Crippen molar-refractivity contribution in [3.63, 3.8) is 0 Å². The van der Waals surface area contributed by atoms with Crippen molar-refractivity contribution >= 4 is 26.0 Å². The lowest BCUT2D eigenvalue weighted by molar-refractivity contribution is -0.121. The zero-order chi connectivity index (χ0) is 23.4. The van der Waals surface area contributed by atoms with Crippen LogP contribution in [0.3, 0.4) is 0 Å². The molecule has 0 aliphatic carbocycles. The Hall–Kier alpha value is -2.38. The van der Waals surface area contributed by atoms with Gasteiger partial charge in [-0.1, -0.05) is 12.1 Å². The Bertz CT molecular complexity index is 1150. The van der Waals surface area contributed by atoms with Crippen molar-refractivity contribution in [3.8, 4) is 0 Å². The highest BCUT2D eigenvalue weighted by molar-refractivity contribution is 7.89. The number of hydrogen-bond acceptors (Lipinski definition) is 6. The topological polar surface area (TPSA) is 113 Å². The Morgan fingerprint density at radius 3 is 2.16 bits per heavy atom. The van der Waals surface area contributed by atoms with E-state index in [4.69, 9.17) is 4.74 Å². The lowest BCUT2D eigenvalue weighted by Gasteiger charge is -2.26. The van der Waals surface area contributed by atoms with Crippen LogP contribution in [0, 0.1) is 5.82 Å². The van der Waals surface area contributed by atoms with Gasteiger partial charge in [0.15, 0.2) is 0 Å². The molecule has 2 aromatic rings. The first-order valence-electron chi connectivity index (χ1n) is 9.76. The van der Waals surface area contributed by atoms with E-state index in [2.05, 4.69) is 5.32 Å². The minimum absolute atomic E-state index is 0.0984. The summed E-state index contributed by atoms with van der Waals surface area (Å²) >= 11 is 0. The number of sulfonamides is 2. The van der Waals surface area contributed by atoms with E-state index >= 15 is 0 Å². The van der Waals surface area contributed by atoms with Gasteiger partial charge in [-0.2, -0.15) is 8.61 Å². The molecule has 1 fully saturated rings. The second-order valence-electron chi connectivity index (χ2n) is 7.15. The van der Waals surface area contributed by atoms with Gasteiger partial charge in [0.1, 0.15) is 5.82 Å². The van der Waals surface area contributed by atoms with Crippen LogP contribution in [0.1, 0.15) is 5.56 Å². The molecule has 0 saturated carbocycles. The van der Waals surface area contributed by atoms with Gasteiger partial charge in [0.25, 0.3) is 0 Å². The number of rotatable bonds is 8. The first-order valence-corrected chi connectivity index (χ1v) is 12.6. The maximum Gasteiger partial charge on any atom is 0.243 e. The van der Waals surface area contributed by atoms with Crippen LogP contribution >= 0.6 is 0 Å². The standard InChI is InChI=1S/C20H24FN3O6S2/c1-23(31(26,27)18-8-4-17(21)5-9-18)15-20(25)22-14-16-2-6-19(7-3-16)32(28,29)24-10-12-30-13-11-24/h2-9H,10-15H2,1H3,(H,22,25). The van der Waals surface area contributed by atoms with Crippen LogP contribution in [-0.2, 0) is 36.1 Å². The Kier molecular flexibility index (Phi) is 7.62. The number of amides is 1. The molecule has 32 heavy (non-hydrogen) atoms. The summed E-state index contributed by atoms with van der Waals surface area (Å²) < 4.78 is 70.6. The van der Waals surface area contributed by atoms with Crippen LogP contribution in [0.2, 0.25) is 0 Å². The summed E-state index contributed by atoms with van der Waals surface area (Å²) in [5.74, 6) is -1.10. The molecule has 1 heterocycles. The van der Waals surface area contributed by atoms with E-state index < -0.39 is 38.3 Å². The highest BCUT2D eigenvalue weighted by Crippen LogP contribution is 2.18. The Labute approximate surface area is 186 Å². The fraction of sp³-hybridized carbons (Fsp3) is 0.350. The highest BCUT2D eigenvalue weighted by Gasteiger charge is 2.26. The van der Waals surface area contributed by atoms with Crippen molar-refractivity contribution in [1.82, 2.24) is 13.9 Å². The quantitative estimate of drug-likeness (QED) is 0.591. The van der Waals surface area contributed by atoms with Crippen LogP contribution in [0.4, 0.5) is 4.39 Å². The lowest BCUT2D eigenvalue weighted by atomic mass is 10.2. The van der Waals surface area contributed by atoms with Gasteiger partial charge in [-0.3, -0.25) is 4.79 Å². The molecule has 0 spiro atoms. The van der Waals surface area contributed by atoms with Gasteiger partial charge in [0.05, 0.1) is 29.5 Å². The van der Waals surface area contributed by atoms with Crippen molar-refractivity contribution in [2.45, 2.75) is 16.3 Å². The number of likely N-dealkylation sites (N-methyl/N-ethyl adjacent to an activating group) is 1. The number of carbonyl (C=O) groups excluding carboxylic acids is 1. The number of carbonyl (C=O) groups is 1. The van der Waals surface area contributed by atoms with Gasteiger partial charge in [-0.15, -0.1) is 0 Å². The highest BCUT2D eigenvalue weighted by atomic mass is 32.2. The molecule has 0 bridgehead atoms. The van der Waals surface area contributed by atoms with Crippen molar-refractivity contribution < 1.29 is 30.8 Å². The molecule has 1 aliphatic heterocycles. The minimum atomic E-state index is -3.94. The van der Waals surface area contributed by atoms with Crippen LogP contribution in [-0.4, -0.2) is 71.2 Å². The molecule has 0 radical (unpaired) electrons. The number of benzene rings is 2. The molecule has 2 aromatic carbocycles. The molecule has 0 atom stereocenters. The second-order valence-corrected chi connectivity index (χ2v) is 11.1. The van der Waals surface area contributed by atoms with E-state index in [1.165, 1.54) is 23.5 Å². The van der Waals surface area contributed by atoms with E-state index in [0.717, 1.165) is 28.6 Å². The van der Waals surface area contributed by atoms with E-state index in [1.54, 1.807) is 12.1 Å². The maximum atomic E-state index is 13.0. The van der Waals surface area contributed by atoms with E-state index in [0.29, 0.717) is 31.9 Å². The van der Waals surface area contributed by atoms with E-state index in [1.807, 2.05) is 0 Å². The summed E-state index contributed by atoms with van der Waals surface area (Å²) in [6, 6.07) is 10.4. The molecule has 1 amide bonds. The molecule has 1 aliphatic rings. The van der Waals surface area contributed by atoms with Crippen molar-refractivity contribution in [2.24, 2.45) is 0 Å². The molecule has 1 N–H and O–H groups in total. The first-order chi connectivity index (χ1) is 15.1. The monoisotopic (exact) mass is 485 g/mol. The lowest BCUT2D eigenvalue weighted by Crippen LogP contribution is -2.40. The van der Waals surface area contributed by atoms with Crippen LogP contribution in [0.5, 0.6) is 0 Å². The molecule has 3 rings (SSSR count). The Morgan fingerprint density at radius 2 is 1.56 bits per heavy atom. The normalized spacial score (nSPS) is 15.6. The predicted molar refractivity (Wildman–Crippen MR) is 114 cm³/mol. The van der Waals surface area contributed by atoms with E-state index in [-0.39, 0.29) is 16.3 Å². The summed E-state index contributed by atoms with van der Waals surface area (Å²) in [5.41, 5.74) is 0.656. The fourth-order valence-electron chi connectivity index (χ4n) is 3.05. The third-order valence-corrected chi connectivity index (χ3v) is 8.64. The van der Waals surface area contributed by atoms with Gasteiger partial charge in [-0.25, -0.2) is 21.2 Å². The molecule has 12 heteroatoms. The second kappa shape index (κ2) is 10.0. The fourth-order valence-corrected chi connectivity index (χ4v) is 5.58. The zero-order valence-electron chi connectivity index (χ0n) is 17.4. The average molecular weight is 486 g/mol. The molecular weight excluding hydrogens is 461 g/mol. The van der Waals surface area contributed by atoms with Crippen LogP contribution in [0.15, 0.2) is 58.3 Å². The third kappa shape index (κ3) is 5.70. The number of nitrogens with one attached hydrogen (secondary N) is 1. The van der Waals surface area contributed by atoms with Gasteiger partial charge in [-0.05, 0) is 42.0 Å². The molecule has 1 saturated heterocycles. The first kappa shape index (κ1) is 24.3. The average Bonchev–Trinajstić information content (AvgIpc) is 2.79. The summed E-state index contributed by atoms with van der Waals surface area (Å²) in [6.07, 6.45) is 0. The number of hydrogen-bond donors (Lipinski definition) is 1. The van der Waals surface area contributed by atoms with Crippen LogP contribution in [0.25, 0.3) is 0 Å². The summed E-state index contributed by atoms with van der Waals surface area (Å²) in [5, 5.41) is 2.60. The zero-order valence-corrected chi connectivity index (χ0v) is 19.0. The summed E-state index contributed by atoms with van der Waals surface area (Å²) in [7, 11) is -6.29. The molecule has 174 valence electrons. The maximum absolute atomic E-state index is 13.0. The van der Waals surface area contributed by atoms with Crippen molar-refractivity contribution in [2.75, 3.05) is 39.9 Å². The molecule has 9 nitrogen and oxygen atoms in total. The van der Waals surface area contributed by atoms with Gasteiger partial charge < -0.3 is 10.1 Å². The predicted octanol–water partition coefficient (Wildman–Crippen LogP) is 0.784. The van der Waals surface area contributed by atoms with E-state index in [9.17, 15) is 26.0 Å². The number of nitrogens with zero attached hydrogens (tertiary/aromatic N) is 2. The van der Waals surface area contributed by atoms with Crippen molar-refractivity contribution in [1.29, 1.82) is 0 Å². The summed E-state index contributed by atoms with van der Waals surface area (Å²) in [6.45, 7) is 0.983. The molecule has 0 unspecified atom stereocenters. The largest absolute Gasteiger partial charge is 0.379 e. The van der Waals surface area contributed by atoms with Crippen LogP contribution < -0.4 is 5.32 Å². The third-order valence-electron chi connectivity index (χ3n) is 4.91. The molecule has 0 aromatic heterocycles. The van der Waals surface area contributed by atoms with Gasteiger partial charge in [0.2, 0.25) is 26.0 Å². The Balaban J connectivity index is 1.56. The van der Waals surface area contributed by atoms with Crippen molar-refractivity contribution in [3.05, 3.63) is 59.9 Å². The van der Waals surface area contributed by atoms with Gasteiger partial charge in [0, 0.05) is 26.7 Å². The molecular formula is C20H24FN3O6S2. The Morgan fingerprint density at radius 1 is 1.00 bits per heavy atom. The van der Waals surface area contributed by atoms with Gasteiger partial charge >= 0.3 is 0 Å². The number of halogens is 1. The smallest absolute Gasteiger partial charge is 0.243 e. The summed E-state index contributed by atoms with van der Waals surface area (Å²) in [4.78, 5) is 12.2. The number of ether oxygens (including phenoxy) is 1.